The summed E-state index contributed by atoms with van der Waals surface area (Å²) in [6.45, 7) is 2.18. The summed E-state index contributed by atoms with van der Waals surface area (Å²) in [5.41, 5.74) is 2.91. The summed E-state index contributed by atoms with van der Waals surface area (Å²) in [5.74, 6) is 1.99. The molecular formula is C24H26N4O6. The first-order chi connectivity index (χ1) is 16.6. The molecule has 0 fully saturated rings. The molecule has 0 saturated heterocycles. The Kier molecular flexibility index (Phi) is 6.57. The van der Waals surface area contributed by atoms with Gasteiger partial charge < -0.3 is 29.2 Å². The average Bonchev–Trinajstić information content (AvgIpc) is 3.41. The van der Waals surface area contributed by atoms with E-state index in [9.17, 15) is 9.90 Å². The lowest BCUT2D eigenvalue weighted by atomic mass is 9.92. The van der Waals surface area contributed by atoms with Gasteiger partial charge in [0.05, 0.1) is 19.6 Å². The van der Waals surface area contributed by atoms with Gasteiger partial charge in [-0.05, 0) is 36.6 Å². The zero-order valence-electron chi connectivity index (χ0n) is 18.7. The number of nitrogens with one attached hydrogen (secondary N) is 1. The predicted molar refractivity (Wildman–Crippen MR) is 120 cm³/mol. The SMILES string of the molecule is O=C(O)CC(Cc1nc(CCCc2ccc3c(n2)NCCOC3)no1)c1ccc2c(c1)OCO2. The summed E-state index contributed by atoms with van der Waals surface area (Å²) in [6, 6.07) is 9.55. The van der Waals surface area contributed by atoms with Crippen LogP contribution in [0.4, 0.5) is 5.82 Å². The Morgan fingerprint density at radius 1 is 1.12 bits per heavy atom. The Morgan fingerprint density at radius 2 is 2.03 bits per heavy atom. The van der Waals surface area contributed by atoms with Gasteiger partial charge in [0.15, 0.2) is 17.3 Å². The van der Waals surface area contributed by atoms with Gasteiger partial charge in [-0.1, -0.05) is 17.3 Å². The molecule has 178 valence electrons. The molecule has 2 aliphatic heterocycles. The summed E-state index contributed by atoms with van der Waals surface area (Å²) < 4.78 is 21.7. The van der Waals surface area contributed by atoms with E-state index in [2.05, 4.69) is 21.5 Å². The summed E-state index contributed by atoms with van der Waals surface area (Å²) in [5, 5.41) is 16.8. The smallest absolute Gasteiger partial charge is 0.303 e. The number of ether oxygens (including phenoxy) is 3. The van der Waals surface area contributed by atoms with Crippen molar-refractivity contribution in [1.29, 1.82) is 0 Å². The Morgan fingerprint density at radius 3 is 2.94 bits per heavy atom. The minimum Gasteiger partial charge on any atom is -0.481 e. The van der Waals surface area contributed by atoms with Crippen molar-refractivity contribution in [3.05, 3.63) is 58.9 Å². The third-order valence-corrected chi connectivity index (χ3v) is 5.89. The number of anilines is 1. The lowest BCUT2D eigenvalue weighted by Gasteiger charge is -2.13. The highest BCUT2D eigenvalue weighted by Crippen LogP contribution is 2.36. The molecule has 34 heavy (non-hydrogen) atoms. The van der Waals surface area contributed by atoms with E-state index in [0.717, 1.165) is 42.0 Å². The molecule has 10 heteroatoms. The molecule has 2 aromatic heterocycles. The summed E-state index contributed by atoms with van der Waals surface area (Å²) in [6.07, 6.45) is 2.53. The van der Waals surface area contributed by atoms with E-state index in [1.54, 1.807) is 6.07 Å². The Labute approximate surface area is 196 Å². The zero-order valence-corrected chi connectivity index (χ0v) is 18.7. The molecule has 0 spiro atoms. The monoisotopic (exact) mass is 466 g/mol. The third-order valence-electron chi connectivity index (χ3n) is 5.89. The van der Waals surface area contributed by atoms with Gasteiger partial charge in [-0.2, -0.15) is 4.98 Å². The van der Waals surface area contributed by atoms with Crippen LogP contribution in [0, 0.1) is 0 Å². The Bertz CT molecular complexity index is 1160. The second kappa shape index (κ2) is 10.1. The number of hydrogen-bond donors (Lipinski definition) is 2. The predicted octanol–water partition coefficient (Wildman–Crippen LogP) is 3.11. The molecule has 2 N–H and O–H groups in total. The molecule has 10 nitrogen and oxygen atoms in total. The zero-order chi connectivity index (χ0) is 23.3. The summed E-state index contributed by atoms with van der Waals surface area (Å²) in [4.78, 5) is 20.7. The van der Waals surface area contributed by atoms with Crippen molar-refractivity contribution in [2.45, 2.75) is 44.6 Å². The summed E-state index contributed by atoms with van der Waals surface area (Å²) in [7, 11) is 0. The number of aromatic nitrogens is 3. The maximum absolute atomic E-state index is 11.5. The van der Waals surface area contributed by atoms with Gasteiger partial charge in [-0.15, -0.1) is 0 Å². The normalized spacial score (nSPS) is 15.3. The molecule has 0 bridgehead atoms. The standard InChI is InChI=1S/C24H26N4O6/c29-23(30)12-17(15-5-7-19-20(10-15)33-14-32-19)11-22-27-21(28-34-22)3-1-2-18-6-4-16-13-31-9-8-25-24(16)26-18/h4-7,10,17H,1-3,8-9,11-14H2,(H,25,26)(H,29,30). The van der Waals surface area contributed by atoms with Crippen LogP contribution in [-0.2, 0) is 35.4 Å². The molecule has 1 unspecified atom stereocenters. The quantitative estimate of drug-likeness (QED) is 0.485. The molecule has 0 radical (unpaired) electrons. The molecule has 2 aliphatic rings. The van der Waals surface area contributed by atoms with E-state index in [1.165, 1.54) is 0 Å². The highest BCUT2D eigenvalue weighted by molar-refractivity contribution is 5.68. The van der Waals surface area contributed by atoms with Crippen molar-refractivity contribution in [2.75, 3.05) is 25.3 Å². The van der Waals surface area contributed by atoms with Crippen molar-refractivity contribution >= 4 is 11.8 Å². The van der Waals surface area contributed by atoms with Gasteiger partial charge in [-0.25, -0.2) is 4.98 Å². The van der Waals surface area contributed by atoms with Crippen LogP contribution in [0.15, 0.2) is 34.9 Å². The van der Waals surface area contributed by atoms with Crippen LogP contribution in [0.5, 0.6) is 11.5 Å². The second-order valence-electron chi connectivity index (χ2n) is 8.36. The number of aryl methyl sites for hydroxylation is 2. The molecule has 1 atom stereocenters. The third kappa shape index (κ3) is 5.28. The lowest BCUT2D eigenvalue weighted by Crippen LogP contribution is -2.09. The number of carboxylic acid groups (broad SMARTS) is 1. The van der Waals surface area contributed by atoms with E-state index in [4.69, 9.17) is 23.7 Å². The molecule has 0 amide bonds. The fraction of sp³-hybridized carbons (Fsp3) is 0.417. The fourth-order valence-electron chi connectivity index (χ4n) is 4.16. The number of hydrogen-bond acceptors (Lipinski definition) is 9. The number of benzene rings is 1. The van der Waals surface area contributed by atoms with Crippen LogP contribution in [0.25, 0.3) is 0 Å². The van der Waals surface area contributed by atoms with Crippen LogP contribution in [0.2, 0.25) is 0 Å². The maximum atomic E-state index is 11.5. The minimum atomic E-state index is -0.892. The average molecular weight is 466 g/mol. The molecular weight excluding hydrogens is 440 g/mol. The van der Waals surface area contributed by atoms with Gasteiger partial charge >= 0.3 is 5.97 Å². The van der Waals surface area contributed by atoms with Crippen molar-refractivity contribution in [3.63, 3.8) is 0 Å². The fourth-order valence-corrected chi connectivity index (χ4v) is 4.16. The number of aliphatic carboxylic acids is 1. The number of carboxylic acids is 1. The van der Waals surface area contributed by atoms with E-state index in [0.29, 0.717) is 49.3 Å². The largest absolute Gasteiger partial charge is 0.481 e. The van der Waals surface area contributed by atoms with Crippen LogP contribution in [-0.4, -0.2) is 46.1 Å². The molecule has 1 aromatic carbocycles. The Hall–Kier alpha value is -3.66. The lowest BCUT2D eigenvalue weighted by molar-refractivity contribution is -0.137. The van der Waals surface area contributed by atoms with E-state index in [-0.39, 0.29) is 19.1 Å². The van der Waals surface area contributed by atoms with E-state index in [1.807, 2.05) is 18.2 Å². The molecule has 4 heterocycles. The van der Waals surface area contributed by atoms with E-state index >= 15 is 0 Å². The number of rotatable bonds is 9. The van der Waals surface area contributed by atoms with Crippen molar-refractivity contribution < 1.29 is 28.6 Å². The first-order valence-corrected chi connectivity index (χ1v) is 11.4. The second-order valence-corrected chi connectivity index (χ2v) is 8.36. The highest BCUT2D eigenvalue weighted by atomic mass is 16.7. The number of fused-ring (bicyclic) bond motifs is 2. The van der Waals surface area contributed by atoms with Crippen LogP contribution in [0.3, 0.4) is 0 Å². The van der Waals surface area contributed by atoms with Crippen LogP contribution >= 0.6 is 0 Å². The van der Waals surface area contributed by atoms with Crippen molar-refractivity contribution in [1.82, 2.24) is 15.1 Å². The molecule has 3 aromatic rings. The van der Waals surface area contributed by atoms with Gasteiger partial charge in [0, 0.05) is 36.6 Å². The topological polar surface area (TPSA) is 129 Å². The molecule has 0 saturated carbocycles. The minimum absolute atomic E-state index is 0.0551. The number of nitrogens with zero attached hydrogens (tertiary/aromatic N) is 3. The number of carbonyl (C=O) groups is 1. The van der Waals surface area contributed by atoms with Crippen molar-refractivity contribution in [2.24, 2.45) is 0 Å². The molecule has 5 rings (SSSR count). The number of pyridine rings is 1. The van der Waals surface area contributed by atoms with Gasteiger partial charge in [0.25, 0.3) is 0 Å². The van der Waals surface area contributed by atoms with Gasteiger partial charge in [-0.3, -0.25) is 4.79 Å². The molecule has 0 aliphatic carbocycles. The highest BCUT2D eigenvalue weighted by Gasteiger charge is 2.23. The van der Waals surface area contributed by atoms with Gasteiger partial charge in [0.2, 0.25) is 12.7 Å². The first-order valence-electron chi connectivity index (χ1n) is 11.4. The maximum Gasteiger partial charge on any atom is 0.303 e. The first kappa shape index (κ1) is 22.1. The van der Waals surface area contributed by atoms with Crippen LogP contribution < -0.4 is 14.8 Å². The summed E-state index contributed by atoms with van der Waals surface area (Å²) >= 11 is 0. The van der Waals surface area contributed by atoms with E-state index < -0.39 is 5.97 Å². The van der Waals surface area contributed by atoms with Crippen molar-refractivity contribution in [3.8, 4) is 11.5 Å². The van der Waals surface area contributed by atoms with Crippen LogP contribution in [0.1, 0.15) is 47.3 Å². The Balaban J connectivity index is 1.19. The van der Waals surface area contributed by atoms with Gasteiger partial charge in [0.1, 0.15) is 5.82 Å².